The molecule has 0 atom stereocenters. The summed E-state index contributed by atoms with van der Waals surface area (Å²) in [6.45, 7) is 6.52. The SMILES string of the molecule is CCN(c1ccc(C(=O)c2ccc(N(CC)C3CCCCC3)cc2)cc1)C1CCCCC1. The van der Waals surface area contributed by atoms with Gasteiger partial charge in [0.25, 0.3) is 0 Å². The largest absolute Gasteiger partial charge is 0.369 e. The molecule has 0 saturated heterocycles. The smallest absolute Gasteiger partial charge is 0.193 e. The molecule has 0 N–H and O–H groups in total. The van der Waals surface area contributed by atoms with Crippen LogP contribution in [0.1, 0.15) is 94.0 Å². The van der Waals surface area contributed by atoms with Crippen LogP contribution in [0.4, 0.5) is 11.4 Å². The molecule has 3 nitrogen and oxygen atoms in total. The third kappa shape index (κ3) is 5.19. The molecule has 0 amide bonds. The van der Waals surface area contributed by atoms with Crippen molar-refractivity contribution in [2.75, 3.05) is 22.9 Å². The van der Waals surface area contributed by atoms with Crippen LogP contribution in [0.25, 0.3) is 0 Å². The second-order valence-corrected chi connectivity index (χ2v) is 9.58. The number of benzene rings is 2. The van der Waals surface area contributed by atoms with Crippen molar-refractivity contribution in [2.24, 2.45) is 0 Å². The molecule has 172 valence electrons. The number of rotatable bonds is 8. The van der Waals surface area contributed by atoms with Gasteiger partial charge in [0.05, 0.1) is 0 Å². The van der Waals surface area contributed by atoms with Gasteiger partial charge < -0.3 is 9.80 Å². The number of hydrogen-bond acceptors (Lipinski definition) is 3. The molecule has 2 saturated carbocycles. The molecule has 2 aromatic rings. The minimum absolute atomic E-state index is 0.115. The number of carbonyl (C=O) groups excluding carboxylic acids is 1. The van der Waals surface area contributed by atoms with E-state index in [1.165, 1.54) is 75.6 Å². The van der Waals surface area contributed by atoms with Crippen molar-refractivity contribution in [3.8, 4) is 0 Å². The van der Waals surface area contributed by atoms with Crippen LogP contribution in [0, 0.1) is 0 Å². The lowest BCUT2D eigenvalue weighted by Crippen LogP contribution is -2.36. The van der Waals surface area contributed by atoms with E-state index in [-0.39, 0.29) is 5.78 Å². The summed E-state index contributed by atoms with van der Waals surface area (Å²) in [4.78, 5) is 18.2. The van der Waals surface area contributed by atoms with Crippen molar-refractivity contribution in [1.29, 1.82) is 0 Å². The van der Waals surface area contributed by atoms with Gasteiger partial charge in [-0.1, -0.05) is 38.5 Å². The van der Waals surface area contributed by atoms with Gasteiger partial charge in [-0.2, -0.15) is 0 Å². The molecule has 2 fully saturated rings. The highest BCUT2D eigenvalue weighted by Crippen LogP contribution is 2.29. The van der Waals surface area contributed by atoms with Crippen LogP contribution >= 0.6 is 0 Å². The summed E-state index contributed by atoms with van der Waals surface area (Å²) in [5.74, 6) is 0.115. The Morgan fingerprint density at radius 1 is 0.625 bits per heavy atom. The van der Waals surface area contributed by atoms with E-state index in [1.807, 2.05) is 24.3 Å². The van der Waals surface area contributed by atoms with Gasteiger partial charge in [0.1, 0.15) is 0 Å². The van der Waals surface area contributed by atoms with Crippen LogP contribution in [0.15, 0.2) is 48.5 Å². The summed E-state index contributed by atoms with van der Waals surface area (Å²) in [7, 11) is 0. The van der Waals surface area contributed by atoms with E-state index >= 15 is 0 Å². The van der Waals surface area contributed by atoms with E-state index in [1.54, 1.807) is 0 Å². The Morgan fingerprint density at radius 3 is 1.28 bits per heavy atom. The lowest BCUT2D eigenvalue weighted by molar-refractivity contribution is 0.103. The minimum Gasteiger partial charge on any atom is -0.369 e. The Morgan fingerprint density at radius 2 is 0.969 bits per heavy atom. The topological polar surface area (TPSA) is 23.6 Å². The third-order valence-corrected chi connectivity index (χ3v) is 7.63. The normalized spacial score (nSPS) is 17.8. The zero-order valence-electron chi connectivity index (χ0n) is 20.1. The van der Waals surface area contributed by atoms with Gasteiger partial charge in [0, 0.05) is 47.7 Å². The maximum Gasteiger partial charge on any atom is 0.193 e. The van der Waals surface area contributed by atoms with Crippen LogP contribution in [0.2, 0.25) is 0 Å². The molecular weight excluding hydrogens is 392 g/mol. The number of carbonyl (C=O) groups is 1. The van der Waals surface area contributed by atoms with Gasteiger partial charge in [0.2, 0.25) is 0 Å². The highest BCUT2D eigenvalue weighted by atomic mass is 16.1. The summed E-state index contributed by atoms with van der Waals surface area (Å²) < 4.78 is 0. The Bertz CT molecular complexity index is 774. The third-order valence-electron chi connectivity index (χ3n) is 7.63. The van der Waals surface area contributed by atoms with E-state index in [9.17, 15) is 4.79 Å². The number of ketones is 1. The summed E-state index contributed by atoms with van der Waals surface area (Å²) in [5, 5.41) is 0. The fraction of sp³-hybridized carbons (Fsp3) is 0.552. The molecular formula is C29H40N2O. The second kappa shape index (κ2) is 11.0. The predicted molar refractivity (Wildman–Crippen MR) is 136 cm³/mol. The van der Waals surface area contributed by atoms with Gasteiger partial charge in [-0.05, 0) is 88.1 Å². The van der Waals surface area contributed by atoms with E-state index in [0.717, 1.165) is 24.2 Å². The van der Waals surface area contributed by atoms with E-state index in [0.29, 0.717) is 12.1 Å². The minimum atomic E-state index is 0.115. The first-order valence-electron chi connectivity index (χ1n) is 13.0. The summed E-state index contributed by atoms with van der Waals surface area (Å²) in [6.07, 6.45) is 13.2. The van der Waals surface area contributed by atoms with Crippen molar-refractivity contribution in [1.82, 2.24) is 0 Å². The lowest BCUT2D eigenvalue weighted by Gasteiger charge is -2.35. The average molecular weight is 433 g/mol. The Labute approximate surface area is 194 Å². The molecule has 0 spiro atoms. The zero-order chi connectivity index (χ0) is 22.3. The molecule has 0 radical (unpaired) electrons. The summed E-state index contributed by atoms with van der Waals surface area (Å²) in [5.41, 5.74) is 4.05. The molecule has 0 bridgehead atoms. The molecule has 2 aliphatic rings. The van der Waals surface area contributed by atoms with Gasteiger partial charge in [-0.25, -0.2) is 0 Å². The van der Waals surface area contributed by atoms with E-state index < -0.39 is 0 Å². The highest BCUT2D eigenvalue weighted by molar-refractivity contribution is 6.09. The van der Waals surface area contributed by atoms with Crippen molar-refractivity contribution >= 4 is 17.2 Å². The van der Waals surface area contributed by atoms with Gasteiger partial charge in [-0.15, -0.1) is 0 Å². The van der Waals surface area contributed by atoms with Crippen LogP contribution in [-0.2, 0) is 0 Å². The van der Waals surface area contributed by atoms with Gasteiger partial charge >= 0.3 is 0 Å². The standard InChI is InChI=1S/C29H40N2O/c1-3-30(25-11-7-5-8-12-25)27-19-15-23(16-20-27)29(32)24-17-21-28(22-18-24)31(4-2)26-13-9-6-10-14-26/h15-22,25-26H,3-14H2,1-2H3. The molecule has 0 unspecified atom stereocenters. The lowest BCUT2D eigenvalue weighted by atomic mass is 9.93. The van der Waals surface area contributed by atoms with Crippen LogP contribution in [-0.4, -0.2) is 31.0 Å². The molecule has 32 heavy (non-hydrogen) atoms. The maximum absolute atomic E-state index is 13.1. The number of hydrogen-bond donors (Lipinski definition) is 0. The number of nitrogens with zero attached hydrogens (tertiary/aromatic N) is 2. The van der Waals surface area contributed by atoms with Crippen LogP contribution in [0.5, 0.6) is 0 Å². The van der Waals surface area contributed by atoms with Crippen LogP contribution < -0.4 is 9.80 Å². The molecule has 4 rings (SSSR count). The monoisotopic (exact) mass is 432 g/mol. The summed E-state index contributed by atoms with van der Waals surface area (Å²) in [6, 6.07) is 17.9. The average Bonchev–Trinajstić information content (AvgIpc) is 2.87. The highest BCUT2D eigenvalue weighted by Gasteiger charge is 2.22. The predicted octanol–water partition coefficient (Wildman–Crippen LogP) is 7.24. The van der Waals surface area contributed by atoms with Gasteiger partial charge in [0.15, 0.2) is 5.78 Å². The first-order valence-corrected chi connectivity index (χ1v) is 13.0. The fourth-order valence-corrected chi connectivity index (χ4v) is 5.86. The Balaban J connectivity index is 1.44. The molecule has 2 aromatic carbocycles. The fourth-order valence-electron chi connectivity index (χ4n) is 5.86. The quantitative estimate of drug-likeness (QED) is 0.411. The maximum atomic E-state index is 13.1. The van der Waals surface area contributed by atoms with Crippen molar-refractivity contribution in [3.63, 3.8) is 0 Å². The van der Waals surface area contributed by atoms with Gasteiger partial charge in [-0.3, -0.25) is 4.79 Å². The zero-order valence-corrected chi connectivity index (χ0v) is 20.1. The first-order chi connectivity index (χ1) is 15.7. The number of anilines is 2. The molecule has 0 heterocycles. The van der Waals surface area contributed by atoms with E-state index in [2.05, 4.69) is 47.9 Å². The summed E-state index contributed by atoms with van der Waals surface area (Å²) >= 11 is 0. The van der Waals surface area contributed by atoms with Crippen molar-refractivity contribution in [2.45, 2.75) is 90.1 Å². The molecule has 0 aliphatic heterocycles. The van der Waals surface area contributed by atoms with Crippen LogP contribution in [0.3, 0.4) is 0 Å². The molecule has 3 heteroatoms. The van der Waals surface area contributed by atoms with E-state index in [4.69, 9.17) is 0 Å². The molecule has 0 aromatic heterocycles. The Hall–Kier alpha value is -2.29. The van der Waals surface area contributed by atoms with Crippen molar-refractivity contribution in [3.05, 3.63) is 59.7 Å². The Kier molecular flexibility index (Phi) is 7.89. The van der Waals surface area contributed by atoms with Crippen molar-refractivity contribution < 1.29 is 4.79 Å². The molecule has 2 aliphatic carbocycles. The second-order valence-electron chi connectivity index (χ2n) is 9.58. The first kappa shape index (κ1) is 22.9.